The van der Waals surface area contributed by atoms with Gasteiger partial charge < -0.3 is 14.3 Å². The van der Waals surface area contributed by atoms with Gasteiger partial charge in [0.05, 0.1) is 7.11 Å². The van der Waals surface area contributed by atoms with E-state index in [2.05, 4.69) is 0 Å². The molecule has 0 saturated carbocycles. The maximum atomic E-state index is 10.1. The smallest absolute Gasteiger partial charge is 0.160 e. The van der Waals surface area contributed by atoms with Gasteiger partial charge in [-0.1, -0.05) is 30.3 Å². The average Bonchev–Trinajstić information content (AvgIpc) is 2.71. The number of hydrogen-bond donors (Lipinski definition) is 1. The summed E-state index contributed by atoms with van der Waals surface area (Å²) in [7, 11) is 1.58. The lowest BCUT2D eigenvalue weighted by Gasteiger charge is -2.06. The zero-order valence-electron chi connectivity index (χ0n) is 9.31. The van der Waals surface area contributed by atoms with E-state index < -0.39 is 6.10 Å². The van der Waals surface area contributed by atoms with Gasteiger partial charge in [-0.3, -0.25) is 0 Å². The van der Waals surface area contributed by atoms with Gasteiger partial charge in [-0.15, -0.1) is 0 Å². The van der Waals surface area contributed by atoms with Crippen LogP contribution in [0, 0.1) is 6.92 Å². The molecule has 84 valence electrons. The van der Waals surface area contributed by atoms with Crippen LogP contribution in [0.4, 0.5) is 0 Å². The zero-order chi connectivity index (χ0) is 11.5. The first-order valence-corrected chi connectivity index (χ1v) is 5.09. The molecule has 1 heterocycles. The first-order valence-electron chi connectivity index (χ1n) is 5.09. The Balaban J connectivity index is 2.31. The Kier molecular flexibility index (Phi) is 2.97. The van der Waals surface area contributed by atoms with Gasteiger partial charge in [-0.25, -0.2) is 0 Å². The number of ether oxygens (including phenoxy) is 1. The van der Waals surface area contributed by atoms with Crippen molar-refractivity contribution in [2.45, 2.75) is 13.0 Å². The van der Waals surface area contributed by atoms with Gasteiger partial charge in [0.25, 0.3) is 0 Å². The molecule has 1 atom stereocenters. The molecule has 0 aliphatic carbocycles. The molecular weight excluding hydrogens is 204 g/mol. The molecule has 0 radical (unpaired) electrons. The predicted octanol–water partition coefficient (Wildman–Crippen LogP) is 2.68. The van der Waals surface area contributed by atoms with Crippen LogP contribution in [0.25, 0.3) is 0 Å². The molecule has 0 amide bonds. The summed E-state index contributed by atoms with van der Waals surface area (Å²) in [5.74, 6) is 1.83. The minimum absolute atomic E-state index is 0.501. The van der Waals surface area contributed by atoms with Crippen molar-refractivity contribution in [1.29, 1.82) is 0 Å². The Morgan fingerprint density at radius 3 is 2.50 bits per heavy atom. The van der Waals surface area contributed by atoms with E-state index in [0.717, 1.165) is 5.56 Å². The fraction of sp³-hybridized carbons (Fsp3) is 0.231. The lowest BCUT2D eigenvalue weighted by atomic mass is 10.1. The van der Waals surface area contributed by atoms with Crippen LogP contribution < -0.4 is 4.74 Å². The maximum absolute atomic E-state index is 10.1. The maximum Gasteiger partial charge on any atom is 0.160 e. The first kappa shape index (κ1) is 10.8. The van der Waals surface area contributed by atoms with E-state index in [1.165, 1.54) is 0 Å². The van der Waals surface area contributed by atoms with Gasteiger partial charge in [0.2, 0.25) is 0 Å². The summed E-state index contributed by atoms with van der Waals surface area (Å²) in [6, 6.07) is 11.1. The number of hydrogen-bond acceptors (Lipinski definition) is 3. The van der Waals surface area contributed by atoms with Crippen molar-refractivity contribution in [2.24, 2.45) is 0 Å². The summed E-state index contributed by atoms with van der Waals surface area (Å²) in [4.78, 5) is 0. The molecule has 3 nitrogen and oxygen atoms in total. The molecular formula is C13H14O3. The highest BCUT2D eigenvalue weighted by molar-refractivity contribution is 5.32. The topological polar surface area (TPSA) is 42.6 Å². The SMILES string of the molecule is COc1cc(C(O)c2ccccc2)oc1C. The lowest BCUT2D eigenvalue weighted by Crippen LogP contribution is -1.97. The Hall–Kier alpha value is -1.74. The molecule has 0 spiro atoms. The summed E-state index contributed by atoms with van der Waals surface area (Å²) in [6.07, 6.45) is -0.746. The highest BCUT2D eigenvalue weighted by Gasteiger charge is 2.16. The van der Waals surface area contributed by atoms with Crippen molar-refractivity contribution in [1.82, 2.24) is 0 Å². The zero-order valence-corrected chi connectivity index (χ0v) is 9.31. The van der Waals surface area contributed by atoms with Gasteiger partial charge in [-0.05, 0) is 12.5 Å². The third-order valence-corrected chi connectivity index (χ3v) is 2.50. The standard InChI is InChI=1S/C13H14O3/c1-9-11(15-2)8-12(16-9)13(14)10-6-4-3-5-7-10/h3-8,13-14H,1-2H3. The monoisotopic (exact) mass is 218 g/mol. The van der Waals surface area contributed by atoms with E-state index in [9.17, 15) is 5.11 Å². The largest absolute Gasteiger partial charge is 0.493 e. The molecule has 16 heavy (non-hydrogen) atoms. The van der Waals surface area contributed by atoms with Crippen LogP contribution in [0.1, 0.15) is 23.2 Å². The van der Waals surface area contributed by atoms with Crippen molar-refractivity contribution in [2.75, 3.05) is 7.11 Å². The number of aliphatic hydroxyl groups excluding tert-OH is 1. The minimum atomic E-state index is -0.746. The molecule has 2 aromatic rings. The van der Waals surface area contributed by atoms with Crippen LogP contribution >= 0.6 is 0 Å². The Morgan fingerprint density at radius 2 is 1.94 bits per heavy atom. The summed E-state index contributed by atoms with van der Waals surface area (Å²) in [6.45, 7) is 1.81. The predicted molar refractivity (Wildman–Crippen MR) is 60.5 cm³/mol. The molecule has 0 bridgehead atoms. The number of aliphatic hydroxyl groups is 1. The van der Waals surface area contributed by atoms with Crippen LogP contribution in [0.2, 0.25) is 0 Å². The Labute approximate surface area is 94.3 Å². The van der Waals surface area contributed by atoms with Crippen LogP contribution in [-0.4, -0.2) is 12.2 Å². The third-order valence-electron chi connectivity index (χ3n) is 2.50. The fourth-order valence-corrected chi connectivity index (χ4v) is 1.62. The fourth-order valence-electron chi connectivity index (χ4n) is 1.62. The second-order valence-electron chi connectivity index (χ2n) is 3.59. The summed E-state index contributed by atoms with van der Waals surface area (Å²) >= 11 is 0. The number of furan rings is 1. The molecule has 1 aromatic heterocycles. The average molecular weight is 218 g/mol. The lowest BCUT2D eigenvalue weighted by molar-refractivity contribution is 0.187. The first-order chi connectivity index (χ1) is 7.72. The van der Waals surface area contributed by atoms with Gasteiger partial charge in [0.1, 0.15) is 17.6 Å². The highest BCUT2D eigenvalue weighted by atomic mass is 16.5. The summed E-state index contributed by atoms with van der Waals surface area (Å²) in [5.41, 5.74) is 0.805. The van der Waals surface area contributed by atoms with E-state index in [4.69, 9.17) is 9.15 Å². The van der Waals surface area contributed by atoms with Crippen molar-refractivity contribution in [3.63, 3.8) is 0 Å². The van der Waals surface area contributed by atoms with Crippen LogP contribution in [0.5, 0.6) is 5.75 Å². The van der Waals surface area contributed by atoms with Gasteiger partial charge in [0, 0.05) is 6.07 Å². The Morgan fingerprint density at radius 1 is 1.25 bits per heavy atom. The van der Waals surface area contributed by atoms with Crippen LogP contribution in [0.3, 0.4) is 0 Å². The molecule has 1 unspecified atom stereocenters. The highest BCUT2D eigenvalue weighted by Crippen LogP contribution is 2.29. The molecule has 0 aliphatic rings. The van der Waals surface area contributed by atoms with Crippen molar-refractivity contribution < 1.29 is 14.3 Å². The van der Waals surface area contributed by atoms with Crippen LogP contribution in [0.15, 0.2) is 40.8 Å². The second kappa shape index (κ2) is 4.41. The normalized spacial score (nSPS) is 12.4. The third kappa shape index (κ3) is 1.95. The van der Waals surface area contributed by atoms with E-state index in [0.29, 0.717) is 17.3 Å². The molecule has 1 N–H and O–H groups in total. The molecule has 0 aliphatic heterocycles. The summed E-state index contributed by atoms with van der Waals surface area (Å²) < 4.78 is 10.6. The number of rotatable bonds is 3. The van der Waals surface area contributed by atoms with E-state index in [1.54, 1.807) is 20.1 Å². The molecule has 0 saturated heterocycles. The number of methoxy groups -OCH3 is 1. The van der Waals surface area contributed by atoms with Crippen LogP contribution in [-0.2, 0) is 0 Å². The van der Waals surface area contributed by atoms with Gasteiger partial charge in [-0.2, -0.15) is 0 Å². The molecule has 2 rings (SSSR count). The minimum Gasteiger partial charge on any atom is -0.493 e. The quantitative estimate of drug-likeness (QED) is 0.861. The van der Waals surface area contributed by atoms with Gasteiger partial charge >= 0.3 is 0 Å². The Bertz CT molecular complexity index is 459. The van der Waals surface area contributed by atoms with Gasteiger partial charge in [0.15, 0.2) is 5.75 Å². The van der Waals surface area contributed by atoms with E-state index in [1.807, 2.05) is 30.3 Å². The number of benzene rings is 1. The van der Waals surface area contributed by atoms with Crippen molar-refractivity contribution in [3.8, 4) is 5.75 Å². The molecule has 1 aromatic carbocycles. The van der Waals surface area contributed by atoms with E-state index in [-0.39, 0.29) is 0 Å². The molecule has 3 heteroatoms. The number of aryl methyl sites for hydroxylation is 1. The van der Waals surface area contributed by atoms with Crippen molar-refractivity contribution in [3.05, 3.63) is 53.5 Å². The summed E-state index contributed by atoms with van der Waals surface area (Å²) in [5, 5.41) is 10.1. The molecule has 0 fully saturated rings. The second-order valence-corrected chi connectivity index (χ2v) is 3.59. The van der Waals surface area contributed by atoms with Crippen molar-refractivity contribution >= 4 is 0 Å². The van der Waals surface area contributed by atoms with E-state index >= 15 is 0 Å².